The van der Waals surface area contributed by atoms with Crippen LogP contribution < -0.4 is 19.5 Å². The van der Waals surface area contributed by atoms with Gasteiger partial charge in [0, 0.05) is 44.1 Å². The molecule has 0 radical (unpaired) electrons. The van der Waals surface area contributed by atoms with E-state index in [1.807, 2.05) is 24.3 Å². The Kier molecular flexibility index (Phi) is 6.04. The van der Waals surface area contributed by atoms with Gasteiger partial charge < -0.3 is 24.4 Å². The van der Waals surface area contributed by atoms with Crippen LogP contribution >= 0.6 is 11.8 Å². The fourth-order valence-corrected chi connectivity index (χ4v) is 3.83. The van der Waals surface area contributed by atoms with Crippen molar-refractivity contribution in [2.24, 2.45) is 0 Å². The van der Waals surface area contributed by atoms with E-state index >= 15 is 0 Å². The lowest BCUT2D eigenvalue weighted by Gasteiger charge is -2.14. The molecule has 2 aliphatic heterocycles. The van der Waals surface area contributed by atoms with E-state index < -0.39 is 0 Å². The Labute approximate surface area is 172 Å². The summed E-state index contributed by atoms with van der Waals surface area (Å²) in [6.07, 6.45) is 1.95. The van der Waals surface area contributed by atoms with E-state index in [4.69, 9.17) is 14.2 Å². The molecular weight excluding hydrogens is 394 g/mol. The van der Waals surface area contributed by atoms with Gasteiger partial charge in [-0.05, 0) is 29.3 Å². The molecule has 0 saturated carbocycles. The number of hydrogen-bond acceptors (Lipinski definition) is 7. The van der Waals surface area contributed by atoms with Gasteiger partial charge in [-0.15, -0.1) is 0 Å². The van der Waals surface area contributed by atoms with Crippen molar-refractivity contribution in [3.05, 3.63) is 47.7 Å². The summed E-state index contributed by atoms with van der Waals surface area (Å²) in [6.45, 7) is 2.14. The van der Waals surface area contributed by atoms with Crippen molar-refractivity contribution >= 4 is 22.9 Å². The molecule has 1 saturated heterocycles. The fourth-order valence-electron chi connectivity index (χ4n) is 2.98. The average molecular weight is 415 g/mol. The van der Waals surface area contributed by atoms with Crippen LogP contribution in [0.1, 0.15) is 17.5 Å². The SMILES string of the molecule is O=C(CCN1CCSC1=O)NCc1ccnc(OCc2ccc3c(c2)OCO3)c1. The summed E-state index contributed by atoms with van der Waals surface area (Å²) in [5, 5.41) is 2.92. The van der Waals surface area contributed by atoms with Crippen LogP contribution in [0.4, 0.5) is 4.79 Å². The Balaban J connectivity index is 1.24. The van der Waals surface area contributed by atoms with Gasteiger partial charge in [-0.25, -0.2) is 4.98 Å². The molecule has 2 aliphatic rings. The molecule has 0 spiro atoms. The van der Waals surface area contributed by atoms with Crippen molar-refractivity contribution < 1.29 is 23.8 Å². The predicted octanol–water partition coefficient (Wildman–Crippen LogP) is 2.56. The van der Waals surface area contributed by atoms with E-state index in [1.165, 1.54) is 11.8 Å². The van der Waals surface area contributed by atoms with E-state index in [0.717, 1.165) is 22.6 Å². The van der Waals surface area contributed by atoms with Crippen LogP contribution in [-0.2, 0) is 17.9 Å². The Morgan fingerprint density at radius 2 is 2.10 bits per heavy atom. The number of carbonyl (C=O) groups is 2. The maximum atomic E-state index is 12.0. The maximum Gasteiger partial charge on any atom is 0.281 e. The summed E-state index contributed by atoms with van der Waals surface area (Å²) in [6, 6.07) is 9.29. The molecule has 1 fully saturated rings. The zero-order valence-electron chi connectivity index (χ0n) is 15.8. The average Bonchev–Trinajstić information content (AvgIpc) is 3.37. The largest absolute Gasteiger partial charge is 0.473 e. The molecule has 0 bridgehead atoms. The number of nitrogens with one attached hydrogen (secondary N) is 1. The predicted molar refractivity (Wildman–Crippen MR) is 107 cm³/mol. The molecule has 1 aromatic carbocycles. The number of hydrogen-bond donors (Lipinski definition) is 1. The van der Waals surface area contributed by atoms with Gasteiger partial charge in [-0.2, -0.15) is 0 Å². The Morgan fingerprint density at radius 1 is 1.21 bits per heavy atom. The van der Waals surface area contributed by atoms with Crippen molar-refractivity contribution in [1.82, 2.24) is 15.2 Å². The number of benzene rings is 1. The van der Waals surface area contributed by atoms with Gasteiger partial charge in [-0.3, -0.25) is 9.59 Å². The number of nitrogens with zero attached hydrogens (tertiary/aromatic N) is 2. The molecule has 0 atom stereocenters. The Morgan fingerprint density at radius 3 is 2.97 bits per heavy atom. The van der Waals surface area contributed by atoms with Gasteiger partial charge in [0.05, 0.1) is 0 Å². The molecule has 3 heterocycles. The minimum absolute atomic E-state index is 0.0520. The van der Waals surface area contributed by atoms with E-state index in [2.05, 4.69) is 10.3 Å². The lowest BCUT2D eigenvalue weighted by molar-refractivity contribution is -0.121. The van der Waals surface area contributed by atoms with E-state index in [1.54, 1.807) is 17.2 Å². The van der Waals surface area contributed by atoms with Crippen LogP contribution in [-0.4, -0.2) is 46.7 Å². The standard InChI is InChI=1S/C20H21N3O5S/c24-18(4-6-23-7-8-29-20(23)25)22-11-14-3-5-21-19(10-14)26-12-15-1-2-16-17(9-15)28-13-27-16/h1-3,5,9-10H,4,6-8,11-13H2,(H,22,24). The highest BCUT2D eigenvalue weighted by Crippen LogP contribution is 2.32. The number of amides is 2. The van der Waals surface area contributed by atoms with Gasteiger partial charge in [0.15, 0.2) is 11.5 Å². The van der Waals surface area contributed by atoms with Gasteiger partial charge in [0.25, 0.3) is 5.24 Å². The maximum absolute atomic E-state index is 12.0. The quantitative estimate of drug-likeness (QED) is 0.709. The highest BCUT2D eigenvalue weighted by Gasteiger charge is 2.21. The number of aromatic nitrogens is 1. The molecule has 29 heavy (non-hydrogen) atoms. The first-order chi connectivity index (χ1) is 14.2. The van der Waals surface area contributed by atoms with Gasteiger partial charge in [0.2, 0.25) is 18.6 Å². The minimum atomic E-state index is -0.0886. The van der Waals surface area contributed by atoms with Crippen LogP contribution in [0.15, 0.2) is 36.5 Å². The zero-order chi connectivity index (χ0) is 20.1. The monoisotopic (exact) mass is 415 g/mol. The molecular formula is C20H21N3O5S. The first-order valence-electron chi connectivity index (χ1n) is 9.32. The van der Waals surface area contributed by atoms with E-state index in [0.29, 0.717) is 44.3 Å². The van der Waals surface area contributed by atoms with Crippen molar-refractivity contribution in [1.29, 1.82) is 0 Å². The molecule has 4 rings (SSSR count). The lowest BCUT2D eigenvalue weighted by Crippen LogP contribution is -2.30. The molecule has 0 aliphatic carbocycles. The topological polar surface area (TPSA) is 90.0 Å². The summed E-state index contributed by atoms with van der Waals surface area (Å²) in [5.74, 6) is 2.64. The number of ether oxygens (including phenoxy) is 3. The summed E-state index contributed by atoms with van der Waals surface area (Å²) >= 11 is 1.30. The van der Waals surface area contributed by atoms with Gasteiger partial charge in [0.1, 0.15) is 6.61 Å². The molecule has 1 aromatic heterocycles. The van der Waals surface area contributed by atoms with Crippen LogP contribution in [0.25, 0.3) is 0 Å². The third-order valence-electron chi connectivity index (χ3n) is 4.57. The Hall–Kier alpha value is -2.94. The fraction of sp³-hybridized carbons (Fsp3) is 0.350. The highest BCUT2D eigenvalue weighted by molar-refractivity contribution is 8.13. The molecule has 2 amide bonds. The lowest BCUT2D eigenvalue weighted by atomic mass is 10.2. The summed E-state index contributed by atoms with van der Waals surface area (Å²) < 4.78 is 16.4. The molecule has 2 aromatic rings. The molecule has 9 heteroatoms. The minimum Gasteiger partial charge on any atom is -0.473 e. The number of thioether (sulfide) groups is 1. The van der Waals surface area contributed by atoms with Gasteiger partial charge in [-0.1, -0.05) is 17.8 Å². The van der Waals surface area contributed by atoms with Crippen LogP contribution in [0, 0.1) is 0 Å². The summed E-state index contributed by atoms with van der Waals surface area (Å²) in [4.78, 5) is 29.5. The molecule has 152 valence electrons. The Bertz CT molecular complexity index is 907. The third kappa shape index (κ3) is 5.11. The van der Waals surface area contributed by atoms with Crippen molar-refractivity contribution in [3.8, 4) is 17.4 Å². The van der Waals surface area contributed by atoms with Crippen molar-refractivity contribution in [2.45, 2.75) is 19.6 Å². The normalized spacial score (nSPS) is 14.9. The van der Waals surface area contributed by atoms with Crippen LogP contribution in [0.3, 0.4) is 0 Å². The first kappa shape index (κ1) is 19.4. The molecule has 1 N–H and O–H groups in total. The summed E-state index contributed by atoms with van der Waals surface area (Å²) in [7, 11) is 0. The van der Waals surface area contributed by atoms with Crippen molar-refractivity contribution in [2.75, 3.05) is 25.6 Å². The zero-order valence-corrected chi connectivity index (χ0v) is 16.6. The van der Waals surface area contributed by atoms with Crippen LogP contribution in [0.2, 0.25) is 0 Å². The smallest absolute Gasteiger partial charge is 0.281 e. The third-order valence-corrected chi connectivity index (χ3v) is 5.46. The highest BCUT2D eigenvalue weighted by atomic mass is 32.2. The van der Waals surface area contributed by atoms with Crippen molar-refractivity contribution in [3.63, 3.8) is 0 Å². The van der Waals surface area contributed by atoms with E-state index in [-0.39, 0.29) is 17.9 Å². The molecule has 0 unspecified atom stereocenters. The molecule has 8 nitrogen and oxygen atoms in total. The number of carbonyl (C=O) groups excluding carboxylic acids is 2. The summed E-state index contributed by atoms with van der Waals surface area (Å²) in [5.41, 5.74) is 1.84. The second-order valence-electron chi connectivity index (χ2n) is 6.61. The van der Waals surface area contributed by atoms with Gasteiger partial charge >= 0.3 is 0 Å². The number of rotatable bonds is 8. The second kappa shape index (κ2) is 9.04. The van der Waals surface area contributed by atoms with Crippen LogP contribution in [0.5, 0.6) is 17.4 Å². The number of pyridine rings is 1. The number of fused-ring (bicyclic) bond motifs is 1. The first-order valence-corrected chi connectivity index (χ1v) is 10.3. The second-order valence-corrected chi connectivity index (χ2v) is 7.65. The van der Waals surface area contributed by atoms with E-state index in [9.17, 15) is 9.59 Å².